The third-order valence-corrected chi connectivity index (χ3v) is 3.04. The molecule has 0 radical (unpaired) electrons. The maximum atomic E-state index is 11.7. The molecule has 0 aromatic carbocycles. The van der Waals surface area contributed by atoms with Crippen LogP contribution in [0.15, 0.2) is 18.7 Å². The maximum Gasteiger partial charge on any atom is 0.221 e. The maximum absolute atomic E-state index is 11.7. The van der Waals surface area contributed by atoms with Gasteiger partial charge in [-0.15, -0.1) is 10.2 Å². The van der Waals surface area contributed by atoms with E-state index in [0.29, 0.717) is 19.5 Å². The summed E-state index contributed by atoms with van der Waals surface area (Å²) in [5.74, 6) is 0.0568. The number of hydrogen-bond donors (Lipinski definition) is 1. The molecule has 0 unspecified atom stereocenters. The van der Waals surface area contributed by atoms with Gasteiger partial charge in [-0.25, -0.2) is 0 Å². The predicted molar refractivity (Wildman–Crippen MR) is 74.0 cm³/mol. The standard InChI is InChI=1S/C13H20N6O/c1-11-8-12(2)19(17-11)7-4-13(20)14-5-3-6-18-9-15-16-10-18/h8-10H,3-7H2,1-2H3,(H,14,20). The normalized spacial score (nSPS) is 10.7. The molecule has 0 spiro atoms. The largest absolute Gasteiger partial charge is 0.356 e. The van der Waals surface area contributed by atoms with Crippen LogP contribution in [0.25, 0.3) is 0 Å². The van der Waals surface area contributed by atoms with Gasteiger partial charge in [0.15, 0.2) is 0 Å². The lowest BCUT2D eigenvalue weighted by Crippen LogP contribution is -2.26. The van der Waals surface area contributed by atoms with E-state index in [9.17, 15) is 4.79 Å². The van der Waals surface area contributed by atoms with Crippen LogP contribution in [-0.4, -0.2) is 37.0 Å². The van der Waals surface area contributed by atoms with Crippen LogP contribution in [0.5, 0.6) is 0 Å². The molecule has 2 rings (SSSR count). The third kappa shape index (κ3) is 4.18. The second-order valence-electron chi connectivity index (χ2n) is 4.80. The van der Waals surface area contributed by atoms with E-state index in [4.69, 9.17) is 0 Å². The van der Waals surface area contributed by atoms with E-state index in [1.807, 2.05) is 29.2 Å². The number of nitrogens with zero attached hydrogens (tertiary/aromatic N) is 5. The highest BCUT2D eigenvalue weighted by Gasteiger charge is 2.04. The fourth-order valence-corrected chi connectivity index (χ4v) is 2.02. The van der Waals surface area contributed by atoms with Gasteiger partial charge in [0.1, 0.15) is 12.7 Å². The molecule has 0 aliphatic rings. The van der Waals surface area contributed by atoms with Crippen molar-refractivity contribution in [2.45, 2.75) is 39.8 Å². The van der Waals surface area contributed by atoms with Crippen molar-refractivity contribution >= 4 is 5.91 Å². The van der Waals surface area contributed by atoms with Crippen molar-refractivity contribution in [2.24, 2.45) is 0 Å². The summed E-state index contributed by atoms with van der Waals surface area (Å²) in [4.78, 5) is 11.7. The SMILES string of the molecule is Cc1cc(C)n(CCC(=O)NCCCn2cnnc2)n1. The Hall–Kier alpha value is -2.18. The van der Waals surface area contributed by atoms with Gasteiger partial charge in [-0.1, -0.05) is 0 Å². The molecule has 1 amide bonds. The highest BCUT2D eigenvalue weighted by Crippen LogP contribution is 2.02. The van der Waals surface area contributed by atoms with Gasteiger partial charge in [-0.3, -0.25) is 9.48 Å². The average Bonchev–Trinajstić information content (AvgIpc) is 3.02. The summed E-state index contributed by atoms with van der Waals surface area (Å²) in [6, 6.07) is 2.01. The number of carbonyl (C=O) groups excluding carboxylic acids is 1. The summed E-state index contributed by atoms with van der Waals surface area (Å²) in [6.45, 7) is 6.04. The van der Waals surface area contributed by atoms with Crippen molar-refractivity contribution < 1.29 is 4.79 Å². The van der Waals surface area contributed by atoms with Gasteiger partial charge in [-0.2, -0.15) is 5.10 Å². The zero-order chi connectivity index (χ0) is 14.4. The molecule has 0 aliphatic carbocycles. The summed E-state index contributed by atoms with van der Waals surface area (Å²) in [7, 11) is 0. The quantitative estimate of drug-likeness (QED) is 0.755. The van der Waals surface area contributed by atoms with Crippen LogP contribution in [-0.2, 0) is 17.9 Å². The first-order valence-electron chi connectivity index (χ1n) is 6.75. The first-order valence-corrected chi connectivity index (χ1v) is 6.75. The van der Waals surface area contributed by atoms with E-state index in [1.165, 1.54) is 0 Å². The van der Waals surface area contributed by atoms with Crippen LogP contribution in [0, 0.1) is 13.8 Å². The van der Waals surface area contributed by atoms with Gasteiger partial charge in [0.05, 0.1) is 5.69 Å². The minimum Gasteiger partial charge on any atom is -0.356 e. The Morgan fingerprint density at radius 2 is 2.00 bits per heavy atom. The number of rotatable bonds is 7. The van der Waals surface area contributed by atoms with Gasteiger partial charge >= 0.3 is 0 Å². The molecule has 108 valence electrons. The number of carbonyl (C=O) groups is 1. The molecule has 0 saturated heterocycles. The van der Waals surface area contributed by atoms with E-state index in [0.717, 1.165) is 24.4 Å². The monoisotopic (exact) mass is 276 g/mol. The Morgan fingerprint density at radius 3 is 2.65 bits per heavy atom. The van der Waals surface area contributed by atoms with Gasteiger partial charge in [0.2, 0.25) is 5.91 Å². The lowest BCUT2D eigenvalue weighted by atomic mass is 10.3. The molecular formula is C13H20N6O. The van der Waals surface area contributed by atoms with E-state index < -0.39 is 0 Å². The second kappa shape index (κ2) is 6.83. The summed E-state index contributed by atoms with van der Waals surface area (Å²) in [6.07, 6.45) is 4.66. The van der Waals surface area contributed by atoms with E-state index in [2.05, 4.69) is 20.6 Å². The molecule has 7 heteroatoms. The summed E-state index contributed by atoms with van der Waals surface area (Å²) in [5.41, 5.74) is 2.07. The van der Waals surface area contributed by atoms with Crippen LogP contribution in [0.3, 0.4) is 0 Å². The number of aromatic nitrogens is 5. The molecule has 0 bridgehead atoms. The Labute approximate surface area is 118 Å². The Bertz CT molecular complexity index is 545. The fourth-order valence-electron chi connectivity index (χ4n) is 2.02. The highest BCUT2D eigenvalue weighted by molar-refractivity contribution is 5.75. The predicted octanol–water partition coefficient (Wildman–Crippen LogP) is 0.688. The summed E-state index contributed by atoms with van der Waals surface area (Å²) < 4.78 is 3.76. The third-order valence-electron chi connectivity index (χ3n) is 3.04. The number of amides is 1. The molecule has 2 aromatic rings. The van der Waals surface area contributed by atoms with Gasteiger partial charge in [0.25, 0.3) is 0 Å². The zero-order valence-corrected chi connectivity index (χ0v) is 11.9. The van der Waals surface area contributed by atoms with Crippen LogP contribution in [0.1, 0.15) is 24.2 Å². The van der Waals surface area contributed by atoms with Gasteiger partial charge < -0.3 is 9.88 Å². The first kappa shape index (κ1) is 14.2. The Balaban J connectivity index is 1.62. The van der Waals surface area contributed by atoms with Crippen molar-refractivity contribution in [3.63, 3.8) is 0 Å². The van der Waals surface area contributed by atoms with Crippen molar-refractivity contribution in [3.05, 3.63) is 30.1 Å². The van der Waals surface area contributed by atoms with Crippen molar-refractivity contribution in [2.75, 3.05) is 6.54 Å². The minimum absolute atomic E-state index is 0.0568. The van der Waals surface area contributed by atoms with Crippen molar-refractivity contribution in [3.8, 4) is 0 Å². The minimum atomic E-state index is 0.0568. The Kier molecular flexibility index (Phi) is 4.86. The van der Waals surface area contributed by atoms with Crippen LogP contribution in [0.2, 0.25) is 0 Å². The zero-order valence-electron chi connectivity index (χ0n) is 11.9. The lowest BCUT2D eigenvalue weighted by molar-refractivity contribution is -0.121. The van der Waals surface area contributed by atoms with Gasteiger partial charge in [0, 0.05) is 31.7 Å². The average molecular weight is 276 g/mol. The topological polar surface area (TPSA) is 77.6 Å². The molecule has 2 heterocycles. The molecule has 7 nitrogen and oxygen atoms in total. The van der Waals surface area contributed by atoms with E-state index in [-0.39, 0.29) is 5.91 Å². The number of nitrogens with one attached hydrogen (secondary N) is 1. The van der Waals surface area contributed by atoms with E-state index >= 15 is 0 Å². The van der Waals surface area contributed by atoms with E-state index in [1.54, 1.807) is 12.7 Å². The first-order chi connectivity index (χ1) is 9.65. The molecule has 20 heavy (non-hydrogen) atoms. The highest BCUT2D eigenvalue weighted by atomic mass is 16.1. The molecule has 1 N–H and O–H groups in total. The smallest absolute Gasteiger partial charge is 0.221 e. The Morgan fingerprint density at radius 1 is 1.25 bits per heavy atom. The molecule has 2 aromatic heterocycles. The van der Waals surface area contributed by atoms with Crippen molar-refractivity contribution in [1.29, 1.82) is 0 Å². The summed E-state index contributed by atoms with van der Waals surface area (Å²) >= 11 is 0. The molecular weight excluding hydrogens is 256 g/mol. The van der Waals surface area contributed by atoms with Crippen LogP contribution >= 0.6 is 0 Å². The summed E-state index contributed by atoms with van der Waals surface area (Å²) in [5, 5.41) is 14.7. The van der Waals surface area contributed by atoms with Crippen LogP contribution < -0.4 is 5.32 Å². The fraction of sp³-hybridized carbons (Fsp3) is 0.538. The molecule has 0 aliphatic heterocycles. The molecule has 0 atom stereocenters. The van der Waals surface area contributed by atoms with Crippen molar-refractivity contribution in [1.82, 2.24) is 29.9 Å². The lowest BCUT2D eigenvalue weighted by Gasteiger charge is -2.06. The number of hydrogen-bond acceptors (Lipinski definition) is 4. The molecule has 0 saturated carbocycles. The van der Waals surface area contributed by atoms with Gasteiger partial charge in [-0.05, 0) is 26.3 Å². The number of aryl methyl sites for hydroxylation is 4. The van der Waals surface area contributed by atoms with Crippen LogP contribution in [0.4, 0.5) is 0 Å². The second-order valence-corrected chi connectivity index (χ2v) is 4.80. The molecule has 0 fully saturated rings.